The number of sulfonamides is 1. The molecule has 32 heavy (non-hydrogen) atoms. The summed E-state index contributed by atoms with van der Waals surface area (Å²) in [6, 6.07) is 13.8. The number of unbranched alkanes of at least 4 members (excludes halogenated alkanes) is 9. The molecule has 0 aliphatic heterocycles. The van der Waals surface area contributed by atoms with Gasteiger partial charge >= 0.3 is 0 Å². The Labute approximate surface area is 196 Å². The van der Waals surface area contributed by atoms with Crippen LogP contribution in [0.25, 0.3) is 0 Å². The number of hydrogen-bond donors (Lipinski definition) is 0. The quantitative estimate of drug-likeness (QED) is 0.266. The molecule has 1 atom stereocenters. The summed E-state index contributed by atoms with van der Waals surface area (Å²) in [6.45, 7) is 6.08. The smallest absolute Gasteiger partial charge is 0.244 e. The molecule has 0 amide bonds. The summed E-state index contributed by atoms with van der Waals surface area (Å²) in [5, 5.41) is 0. The summed E-state index contributed by atoms with van der Waals surface area (Å²) in [5.41, 5.74) is 2.00. The van der Waals surface area contributed by atoms with Crippen molar-refractivity contribution < 1.29 is 12.6 Å². The molecule has 0 N–H and O–H groups in total. The first kappa shape index (κ1) is 26.6. The van der Waals surface area contributed by atoms with Gasteiger partial charge in [-0.05, 0) is 44.5 Å². The topological polar surface area (TPSA) is 63.6 Å². The first-order chi connectivity index (χ1) is 15.3. The van der Waals surface area contributed by atoms with Gasteiger partial charge in [0.05, 0.1) is 14.6 Å². The van der Waals surface area contributed by atoms with Gasteiger partial charge in [-0.3, -0.25) is 0 Å². The van der Waals surface area contributed by atoms with Gasteiger partial charge in [-0.25, -0.2) is 4.21 Å². The molecule has 0 aliphatic rings. The standard InChI is InChI=1S/C26H39NO3S2/c1-4-5-6-7-8-9-10-11-12-13-22-31(28,25-18-14-23(2)15-19-25)27-32(29,30)26-20-16-24(3)17-21-26/h14-21H,4-13,22H2,1-3H3. The van der Waals surface area contributed by atoms with Gasteiger partial charge in [0.1, 0.15) is 0 Å². The summed E-state index contributed by atoms with van der Waals surface area (Å²) >= 11 is 0. The van der Waals surface area contributed by atoms with Crippen LogP contribution in [0, 0.1) is 13.8 Å². The number of hydrogen-bond acceptors (Lipinski definition) is 3. The first-order valence-corrected chi connectivity index (χ1v) is 15.0. The van der Waals surface area contributed by atoms with E-state index in [1.54, 1.807) is 24.3 Å². The van der Waals surface area contributed by atoms with Crippen LogP contribution < -0.4 is 0 Å². The van der Waals surface area contributed by atoms with Crippen LogP contribution in [0.1, 0.15) is 82.3 Å². The van der Waals surface area contributed by atoms with Gasteiger partial charge in [-0.1, -0.05) is 100 Å². The summed E-state index contributed by atoms with van der Waals surface area (Å²) in [7, 11) is -7.08. The van der Waals surface area contributed by atoms with Gasteiger partial charge in [-0.15, -0.1) is 3.77 Å². The normalized spacial score (nSPS) is 13.6. The van der Waals surface area contributed by atoms with Crippen molar-refractivity contribution >= 4 is 19.8 Å². The number of benzene rings is 2. The molecule has 6 heteroatoms. The summed E-state index contributed by atoms with van der Waals surface area (Å²) < 4.78 is 43.7. The summed E-state index contributed by atoms with van der Waals surface area (Å²) in [4.78, 5) is 0.584. The molecule has 0 aromatic heterocycles. The van der Waals surface area contributed by atoms with Crippen LogP contribution in [0.3, 0.4) is 0 Å². The third kappa shape index (κ3) is 8.70. The van der Waals surface area contributed by atoms with Gasteiger partial charge in [0.2, 0.25) is 0 Å². The van der Waals surface area contributed by atoms with Crippen molar-refractivity contribution in [2.24, 2.45) is 3.77 Å². The van der Waals surface area contributed by atoms with Gasteiger partial charge in [0, 0.05) is 10.6 Å². The molecule has 0 spiro atoms. The maximum atomic E-state index is 13.8. The van der Waals surface area contributed by atoms with Gasteiger partial charge in [0.15, 0.2) is 0 Å². The second kappa shape index (κ2) is 13.1. The molecule has 0 heterocycles. The maximum absolute atomic E-state index is 13.8. The van der Waals surface area contributed by atoms with Crippen molar-refractivity contribution in [1.82, 2.24) is 0 Å². The van der Waals surface area contributed by atoms with E-state index in [0.29, 0.717) is 11.3 Å². The molecule has 178 valence electrons. The Morgan fingerprint density at radius 3 is 1.47 bits per heavy atom. The molecule has 4 nitrogen and oxygen atoms in total. The number of aryl methyl sites for hydroxylation is 2. The molecule has 0 bridgehead atoms. The third-order valence-corrected chi connectivity index (χ3v) is 10.2. The van der Waals surface area contributed by atoms with Crippen LogP contribution in [-0.4, -0.2) is 18.4 Å². The highest BCUT2D eigenvalue weighted by Crippen LogP contribution is 2.23. The third-order valence-electron chi connectivity index (χ3n) is 5.70. The second-order valence-electron chi connectivity index (χ2n) is 8.70. The van der Waals surface area contributed by atoms with Gasteiger partial charge in [-0.2, -0.15) is 8.42 Å². The van der Waals surface area contributed by atoms with E-state index in [4.69, 9.17) is 0 Å². The van der Waals surface area contributed by atoms with E-state index in [1.165, 1.54) is 57.1 Å². The lowest BCUT2D eigenvalue weighted by Gasteiger charge is -2.11. The van der Waals surface area contributed by atoms with E-state index in [1.807, 2.05) is 26.0 Å². The number of rotatable bonds is 14. The van der Waals surface area contributed by atoms with Crippen LogP contribution in [0.5, 0.6) is 0 Å². The molecular weight excluding hydrogens is 438 g/mol. The van der Waals surface area contributed by atoms with Gasteiger partial charge < -0.3 is 0 Å². The average Bonchev–Trinajstić information content (AvgIpc) is 2.75. The summed E-state index contributed by atoms with van der Waals surface area (Å²) in [6.07, 6.45) is 11.7. The predicted molar refractivity (Wildman–Crippen MR) is 135 cm³/mol. The highest BCUT2D eigenvalue weighted by Gasteiger charge is 2.20. The maximum Gasteiger partial charge on any atom is 0.290 e. The lowest BCUT2D eigenvalue weighted by Crippen LogP contribution is -2.11. The van der Waals surface area contributed by atoms with Gasteiger partial charge in [0.25, 0.3) is 10.0 Å². The zero-order valence-electron chi connectivity index (χ0n) is 19.9. The van der Waals surface area contributed by atoms with Crippen LogP contribution in [0.4, 0.5) is 0 Å². The van der Waals surface area contributed by atoms with Crippen LogP contribution in [0.15, 0.2) is 62.1 Å². The lowest BCUT2D eigenvalue weighted by atomic mass is 10.1. The van der Waals surface area contributed by atoms with Crippen molar-refractivity contribution in [2.45, 2.75) is 94.8 Å². The van der Waals surface area contributed by atoms with E-state index < -0.39 is 19.8 Å². The highest BCUT2D eigenvalue weighted by atomic mass is 32.3. The molecule has 0 aliphatic carbocycles. The Kier molecular flexibility index (Phi) is 10.9. The van der Waals surface area contributed by atoms with E-state index in [9.17, 15) is 12.6 Å². The Morgan fingerprint density at radius 1 is 0.594 bits per heavy atom. The molecule has 0 saturated carbocycles. The van der Waals surface area contributed by atoms with E-state index in [0.717, 1.165) is 24.0 Å². The van der Waals surface area contributed by atoms with E-state index in [2.05, 4.69) is 10.7 Å². The fraction of sp³-hybridized carbons (Fsp3) is 0.538. The molecule has 2 aromatic rings. The highest BCUT2D eigenvalue weighted by molar-refractivity contribution is 8.03. The van der Waals surface area contributed by atoms with E-state index in [-0.39, 0.29) is 10.6 Å². The fourth-order valence-corrected chi connectivity index (χ4v) is 7.77. The molecule has 1 unspecified atom stereocenters. The van der Waals surface area contributed by atoms with Crippen LogP contribution in [-0.2, 0) is 19.8 Å². The minimum Gasteiger partial charge on any atom is -0.244 e. The second-order valence-corrected chi connectivity index (χ2v) is 12.9. The van der Waals surface area contributed by atoms with Crippen LogP contribution >= 0.6 is 0 Å². The van der Waals surface area contributed by atoms with Crippen molar-refractivity contribution in [3.63, 3.8) is 0 Å². The Hall–Kier alpha value is -1.66. The van der Waals surface area contributed by atoms with Crippen molar-refractivity contribution in [1.29, 1.82) is 0 Å². The Bertz CT molecular complexity index is 1030. The molecule has 0 saturated heterocycles. The monoisotopic (exact) mass is 477 g/mol. The van der Waals surface area contributed by atoms with E-state index >= 15 is 0 Å². The average molecular weight is 478 g/mol. The zero-order valence-corrected chi connectivity index (χ0v) is 21.5. The first-order valence-electron chi connectivity index (χ1n) is 11.9. The fourth-order valence-electron chi connectivity index (χ4n) is 3.65. The van der Waals surface area contributed by atoms with Crippen LogP contribution in [0.2, 0.25) is 0 Å². The molecule has 2 aromatic carbocycles. The van der Waals surface area contributed by atoms with Crippen molar-refractivity contribution in [3.8, 4) is 0 Å². The minimum atomic E-state index is -4.01. The molecular formula is C26H39NO3S2. The SMILES string of the molecule is CCCCCCCCCCCCS(=O)(=NS(=O)(=O)c1ccc(C)cc1)c1ccc(C)cc1. The summed E-state index contributed by atoms with van der Waals surface area (Å²) in [5.74, 6) is 0.262. The largest absolute Gasteiger partial charge is 0.290 e. The van der Waals surface area contributed by atoms with Crippen molar-refractivity contribution in [2.75, 3.05) is 5.75 Å². The molecule has 0 radical (unpaired) electrons. The zero-order chi connectivity index (χ0) is 23.5. The Balaban J connectivity index is 2.06. The predicted octanol–water partition coefficient (Wildman–Crippen LogP) is 7.44. The minimum absolute atomic E-state index is 0.0889. The lowest BCUT2D eigenvalue weighted by molar-refractivity contribution is 0.562. The Morgan fingerprint density at radius 2 is 1.00 bits per heavy atom. The number of nitrogens with zero attached hydrogens (tertiary/aromatic N) is 1. The van der Waals surface area contributed by atoms with Crippen molar-refractivity contribution in [3.05, 3.63) is 59.7 Å². The molecule has 2 rings (SSSR count). The molecule has 0 fully saturated rings.